The van der Waals surface area contributed by atoms with E-state index in [1.807, 2.05) is 56.3 Å². The number of aromatic nitrogens is 2. The second-order valence-electron chi connectivity index (χ2n) is 9.26. The van der Waals surface area contributed by atoms with Crippen LogP contribution in [0.3, 0.4) is 0 Å². The molecular formula is C24H28ClN5O4S. The molecule has 1 aromatic heterocycles. The standard InChI is InChI=1S/C24H28ClN5O4S/c1-14(31)29-24(2,3)16-8-10-18(11-9-16)34-23-26-20-13-19(25)21(27-22(20)28-23)15-6-5-7-17(12-15)30-35(4,32)33/h5-11,13,15,19,21,30H,12H2,1-4H3,(H,29,31)(H,26,27,28). The number of rotatable bonds is 7. The third-order valence-corrected chi connectivity index (χ3v) is 6.78. The lowest BCUT2D eigenvalue weighted by Crippen LogP contribution is -2.40. The third-order valence-electron chi connectivity index (χ3n) is 5.76. The average molecular weight is 518 g/mol. The summed E-state index contributed by atoms with van der Waals surface area (Å²) in [5.74, 6) is 0.390. The Kier molecular flexibility index (Phi) is 6.79. The number of nitrogens with one attached hydrogen (secondary N) is 3. The highest BCUT2D eigenvalue weighted by molar-refractivity contribution is 7.88. The normalized spacial score (nSPS) is 21.7. The average Bonchev–Trinajstić information content (AvgIpc) is 3.12. The van der Waals surface area contributed by atoms with E-state index in [2.05, 4.69) is 20.0 Å². The van der Waals surface area contributed by atoms with Gasteiger partial charge < -0.3 is 15.0 Å². The summed E-state index contributed by atoms with van der Waals surface area (Å²) in [6.45, 7) is 5.35. The first kappa shape index (κ1) is 25.0. The molecular weight excluding hydrogens is 490 g/mol. The van der Waals surface area contributed by atoms with Crippen molar-refractivity contribution < 1.29 is 17.9 Å². The van der Waals surface area contributed by atoms with Gasteiger partial charge in [-0.25, -0.2) is 8.42 Å². The number of H-pyrrole nitrogens is 1. The summed E-state index contributed by atoms with van der Waals surface area (Å²) in [7, 11) is -3.36. The number of amides is 1. The number of ether oxygens (including phenoxy) is 1. The zero-order chi connectivity index (χ0) is 25.4. The molecule has 2 aromatic rings. The zero-order valence-corrected chi connectivity index (χ0v) is 21.4. The minimum Gasteiger partial charge on any atom is -0.426 e. The lowest BCUT2D eigenvalue weighted by molar-refractivity contribution is -0.120. The number of halogens is 1. The number of carbonyl (C=O) groups is 1. The van der Waals surface area contributed by atoms with E-state index in [4.69, 9.17) is 21.3 Å². The molecule has 3 unspecified atom stereocenters. The molecule has 0 spiro atoms. The Bertz CT molecular complexity index is 1410. The summed E-state index contributed by atoms with van der Waals surface area (Å²) in [6, 6.07) is 7.37. The number of sulfonamides is 1. The van der Waals surface area contributed by atoms with E-state index in [1.165, 1.54) is 6.92 Å². The minimum absolute atomic E-state index is 0.0864. The number of aromatic amines is 1. The van der Waals surface area contributed by atoms with Gasteiger partial charge in [0.1, 0.15) is 5.75 Å². The van der Waals surface area contributed by atoms with Crippen LogP contribution in [0.4, 0.5) is 0 Å². The number of benzene rings is 1. The molecule has 9 nitrogen and oxygen atoms in total. The van der Waals surface area contributed by atoms with Crippen LogP contribution >= 0.6 is 11.6 Å². The smallest absolute Gasteiger partial charge is 0.301 e. The lowest BCUT2D eigenvalue weighted by Gasteiger charge is -2.27. The zero-order valence-electron chi connectivity index (χ0n) is 19.9. The first-order valence-electron chi connectivity index (χ1n) is 11.1. The molecule has 35 heavy (non-hydrogen) atoms. The van der Waals surface area contributed by atoms with Crippen molar-refractivity contribution in [3.05, 3.63) is 64.6 Å². The van der Waals surface area contributed by atoms with E-state index in [1.54, 1.807) is 6.08 Å². The Labute approximate surface area is 209 Å². The summed E-state index contributed by atoms with van der Waals surface area (Å²) in [6.07, 6.45) is 8.97. The first-order chi connectivity index (χ1) is 16.4. The Hall–Kier alpha value is -3.11. The van der Waals surface area contributed by atoms with E-state index in [0.29, 0.717) is 28.7 Å². The molecule has 0 radical (unpaired) electrons. The van der Waals surface area contributed by atoms with Crippen LogP contribution in [0.2, 0.25) is 0 Å². The van der Waals surface area contributed by atoms with Crippen LogP contribution < -0.4 is 25.6 Å². The number of hydrogen-bond donors (Lipinski definition) is 3. The van der Waals surface area contributed by atoms with Crippen LogP contribution in [0, 0.1) is 5.92 Å². The topological polar surface area (TPSA) is 126 Å². The molecule has 0 saturated heterocycles. The van der Waals surface area contributed by atoms with E-state index >= 15 is 0 Å². The molecule has 4 rings (SSSR count). The maximum atomic E-state index is 11.6. The Morgan fingerprint density at radius 1 is 1.26 bits per heavy atom. The van der Waals surface area contributed by atoms with E-state index in [0.717, 1.165) is 11.8 Å². The van der Waals surface area contributed by atoms with Gasteiger partial charge in [-0.1, -0.05) is 24.3 Å². The highest BCUT2D eigenvalue weighted by Gasteiger charge is 2.30. The molecule has 2 aliphatic rings. The fraction of sp³-hybridized carbons (Fsp3) is 0.375. The Morgan fingerprint density at radius 3 is 2.63 bits per heavy atom. The molecule has 0 fully saturated rings. The second kappa shape index (κ2) is 9.50. The molecule has 1 aromatic carbocycles. The molecule has 0 bridgehead atoms. The van der Waals surface area contributed by atoms with Crippen molar-refractivity contribution >= 4 is 33.6 Å². The molecule has 186 valence electrons. The maximum Gasteiger partial charge on any atom is 0.301 e. The third kappa shape index (κ3) is 6.12. The number of imidazole rings is 1. The summed E-state index contributed by atoms with van der Waals surface area (Å²) < 4.78 is 31.6. The van der Waals surface area contributed by atoms with Crippen LogP contribution in [-0.4, -0.2) is 42.0 Å². The van der Waals surface area contributed by atoms with Crippen LogP contribution in [0.1, 0.15) is 32.8 Å². The number of alkyl halides is 1. The molecule has 3 atom stereocenters. The minimum atomic E-state index is -3.36. The van der Waals surface area contributed by atoms with Crippen molar-refractivity contribution in [1.29, 1.82) is 0 Å². The van der Waals surface area contributed by atoms with E-state index < -0.39 is 20.9 Å². The fourth-order valence-corrected chi connectivity index (χ4v) is 5.23. The summed E-state index contributed by atoms with van der Waals surface area (Å²) >= 11 is 6.63. The van der Waals surface area contributed by atoms with Gasteiger partial charge in [0.15, 0.2) is 5.49 Å². The molecule has 1 aliphatic carbocycles. The molecule has 1 amide bonds. The van der Waals surface area contributed by atoms with Crippen molar-refractivity contribution in [3.8, 4) is 11.8 Å². The lowest BCUT2D eigenvalue weighted by atomic mass is 9.88. The van der Waals surface area contributed by atoms with E-state index in [-0.39, 0.29) is 23.9 Å². The predicted molar refractivity (Wildman–Crippen MR) is 134 cm³/mol. The monoisotopic (exact) mass is 517 g/mol. The summed E-state index contributed by atoms with van der Waals surface area (Å²) in [4.78, 5) is 23.8. The van der Waals surface area contributed by atoms with Gasteiger partial charge in [0.25, 0.3) is 0 Å². The number of hydrogen-bond acceptors (Lipinski definition) is 6. The van der Waals surface area contributed by atoms with Crippen LogP contribution in [0.15, 0.2) is 53.2 Å². The van der Waals surface area contributed by atoms with Gasteiger partial charge in [0, 0.05) is 18.5 Å². The Morgan fingerprint density at radius 2 is 1.97 bits per heavy atom. The second-order valence-corrected chi connectivity index (χ2v) is 11.5. The number of allylic oxidation sites excluding steroid dienone is 3. The SMILES string of the molecule is CC(=O)NC(C)(C)c1ccc(Oc2nc3c([nH]2)=CC(Cl)C(C2C=CC=C(NS(C)(=O)=O)C2)N=3)cc1. The molecule has 11 heteroatoms. The summed E-state index contributed by atoms with van der Waals surface area (Å²) in [5, 5.41) is 3.18. The van der Waals surface area contributed by atoms with E-state index in [9.17, 15) is 13.2 Å². The Balaban J connectivity index is 1.50. The van der Waals surface area contributed by atoms with Crippen molar-refractivity contribution in [3.63, 3.8) is 0 Å². The van der Waals surface area contributed by atoms with Gasteiger partial charge in [-0.2, -0.15) is 4.98 Å². The van der Waals surface area contributed by atoms with Gasteiger partial charge in [-0.05, 0) is 50.1 Å². The van der Waals surface area contributed by atoms with Crippen LogP contribution in [0.25, 0.3) is 6.08 Å². The van der Waals surface area contributed by atoms with Gasteiger partial charge in [-0.15, -0.1) is 11.6 Å². The van der Waals surface area contributed by atoms with Crippen molar-refractivity contribution in [2.45, 2.75) is 44.1 Å². The van der Waals surface area contributed by atoms with Crippen molar-refractivity contribution in [2.24, 2.45) is 10.9 Å². The van der Waals surface area contributed by atoms with Gasteiger partial charge in [0.2, 0.25) is 15.9 Å². The van der Waals surface area contributed by atoms with Gasteiger partial charge in [0.05, 0.1) is 28.6 Å². The first-order valence-corrected chi connectivity index (χ1v) is 13.4. The molecule has 2 heterocycles. The highest BCUT2D eigenvalue weighted by Crippen LogP contribution is 2.28. The number of carbonyl (C=O) groups excluding carboxylic acids is 1. The quantitative estimate of drug-likeness (QED) is 0.484. The summed E-state index contributed by atoms with van der Waals surface area (Å²) in [5.41, 5.74) is 1.52. The molecule has 1 aliphatic heterocycles. The largest absolute Gasteiger partial charge is 0.426 e. The predicted octanol–water partition coefficient (Wildman–Crippen LogP) is 1.97. The highest BCUT2D eigenvalue weighted by atomic mass is 35.5. The van der Waals surface area contributed by atoms with Crippen LogP contribution in [-0.2, 0) is 20.4 Å². The maximum absolute atomic E-state index is 11.6. The number of nitrogens with zero attached hydrogens (tertiary/aromatic N) is 2. The fourth-order valence-electron chi connectivity index (χ4n) is 4.24. The molecule has 3 N–H and O–H groups in total. The van der Waals surface area contributed by atoms with Crippen LogP contribution in [0.5, 0.6) is 11.8 Å². The van der Waals surface area contributed by atoms with Crippen molar-refractivity contribution in [1.82, 2.24) is 20.0 Å². The van der Waals surface area contributed by atoms with Gasteiger partial charge in [-0.3, -0.25) is 14.5 Å². The molecule has 0 saturated carbocycles. The van der Waals surface area contributed by atoms with Gasteiger partial charge >= 0.3 is 6.01 Å². The number of fused-ring (bicyclic) bond motifs is 1. The van der Waals surface area contributed by atoms with Crippen molar-refractivity contribution in [2.75, 3.05) is 6.26 Å².